The molecule has 10 heteroatoms. The molecule has 366 valence electrons. The van der Waals surface area contributed by atoms with Crippen molar-refractivity contribution in [2.45, 2.75) is 251 Å². The highest BCUT2D eigenvalue weighted by molar-refractivity contribution is 7.45. The van der Waals surface area contributed by atoms with Crippen LogP contribution in [0.15, 0.2) is 24.3 Å². The second-order valence-corrected chi connectivity index (χ2v) is 20.3. The van der Waals surface area contributed by atoms with E-state index in [1.807, 2.05) is 21.1 Å². The van der Waals surface area contributed by atoms with E-state index in [9.17, 15) is 19.0 Å². The van der Waals surface area contributed by atoms with Crippen LogP contribution in [-0.2, 0) is 32.7 Å². The van der Waals surface area contributed by atoms with Gasteiger partial charge in [0.2, 0.25) is 0 Å². The molecule has 0 radical (unpaired) electrons. The maximum Gasteiger partial charge on any atom is 0.306 e. The third kappa shape index (κ3) is 48.0. The van der Waals surface area contributed by atoms with Crippen LogP contribution in [0.1, 0.15) is 245 Å². The molecule has 0 heterocycles. The van der Waals surface area contributed by atoms with E-state index in [4.69, 9.17) is 18.5 Å². The average molecular weight is 898 g/mol. The van der Waals surface area contributed by atoms with Gasteiger partial charge in [0.1, 0.15) is 19.8 Å². The van der Waals surface area contributed by atoms with Gasteiger partial charge in [0.05, 0.1) is 27.7 Å². The molecule has 0 aliphatic rings. The highest BCUT2D eigenvalue weighted by atomic mass is 31.2. The van der Waals surface area contributed by atoms with E-state index >= 15 is 0 Å². The van der Waals surface area contributed by atoms with Crippen molar-refractivity contribution in [2.24, 2.45) is 0 Å². The largest absolute Gasteiger partial charge is 0.756 e. The Labute approximate surface area is 383 Å². The second-order valence-electron chi connectivity index (χ2n) is 18.9. The molecule has 0 fully saturated rings. The number of phosphoric acid groups is 1. The SMILES string of the molecule is CCCCC/C=C\C/C=C\CCCCCCCCCC(=O)OC[C@H](COP(=O)([O-])OCC[N+](C)(C)C)OC(=O)CCCCCCCCCCCCCCCCCCCCCCC. The Hall–Kier alpha value is -1.51. The van der Waals surface area contributed by atoms with E-state index in [1.54, 1.807) is 0 Å². The maximum absolute atomic E-state index is 12.7. The fourth-order valence-corrected chi connectivity index (χ4v) is 8.12. The Morgan fingerprint density at radius 2 is 0.871 bits per heavy atom. The minimum atomic E-state index is -4.63. The summed E-state index contributed by atoms with van der Waals surface area (Å²) in [6.07, 6.45) is 50.6. The smallest absolute Gasteiger partial charge is 0.306 e. The number of hydrogen-bond acceptors (Lipinski definition) is 8. The number of ether oxygens (including phenoxy) is 2. The Kier molecular flexibility index (Phi) is 43.6. The molecular weight excluding hydrogens is 798 g/mol. The summed E-state index contributed by atoms with van der Waals surface area (Å²) >= 11 is 0. The summed E-state index contributed by atoms with van der Waals surface area (Å²) in [6, 6.07) is 0. The molecule has 0 N–H and O–H groups in total. The van der Waals surface area contributed by atoms with Gasteiger partial charge < -0.3 is 27.9 Å². The van der Waals surface area contributed by atoms with Gasteiger partial charge in [-0.15, -0.1) is 0 Å². The second kappa shape index (κ2) is 44.7. The Morgan fingerprint density at radius 1 is 0.500 bits per heavy atom. The van der Waals surface area contributed by atoms with E-state index in [0.717, 1.165) is 51.4 Å². The van der Waals surface area contributed by atoms with Crippen molar-refractivity contribution in [3.63, 3.8) is 0 Å². The number of likely N-dealkylation sites (N-methyl/N-ethyl adjacent to an activating group) is 1. The van der Waals surface area contributed by atoms with Gasteiger partial charge in [-0.25, -0.2) is 0 Å². The topological polar surface area (TPSA) is 111 Å². The molecular formula is C52H100NO8P. The zero-order valence-corrected chi connectivity index (χ0v) is 42.2. The van der Waals surface area contributed by atoms with Crippen LogP contribution in [0.25, 0.3) is 0 Å². The minimum Gasteiger partial charge on any atom is -0.756 e. The molecule has 0 aromatic carbocycles. The number of nitrogens with zero attached hydrogens (tertiary/aromatic N) is 1. The van der Waals surface area contributed by atoms with Crippen LogP contribution in [0.4, 0.5) is 0 Å². The minimum absolute atomic E-state index is 0.0299. The monoisotopic (exact) mass is 898 g/mol. The zero-order chi connectivity index (χ0) is 45.7. The molecule has 0 bridgehead atoms. The summed E-state index contributed by atoms with van der Waals surface area (Å²) in [7, 11) is 1.17. The lowest BCUT2D eigenvalue weighted by Gasteiger charge is -2.28. The molecule has 0 spiro atoms. The van der Waals surface area contributed by atoms with Crippen LogP contribution >= 0.6 is 7.82 Å². The van der Waals surface area contributed by atoms with E-state index in [1.165, 1.54) is 161 Å². The van der Waals surface area contributed by atoms with Crippen LogP contribution in [0, 0.1) is 0 Å². The number of hydrogen-bond donors (Lipinski definition) is 0. The summed E-state index contributed by atoms with van der Waals surface area (Å²) in [4.78, 5) is 37.7. The number of unbranched alkanes of at least 4 members (excludes halogenated alkanes) is 30. The molecule has 1 unspecified atom stereocenters. The lowest BCUT2D eigenvalue weighted by atomic mass is 10.0. The third-order valence-electron chi connectivity index (χ3n) is 11.5. The first-order valence-corrected chi connectivity index (χ1v) is 27.5. The predicted molar refractivity (Wildman–Crippen MR) is 259 cm³/mol. The number of rotatable bonds is 48. The van der Waals surface area contributed by atoms with Crippen molar-refractivity contribution in [3.05, 3.63) is 24.3 Å². The van der Waals surface area contributed by atoms with Crippen molar-refractivity contribution in [1.29, 1.82) is 0 Å². The standard InChI is InChI=1S/C52H100NO8P/c1-6-8-10-12-14-16-18-20-22-24-25-26-27-29-31-33-35-37-39-41-43-45-52(55)61-50(49-60-62(56,57)59-47-46-53(3,4)5)48-58-51(54)44-42-40-38-36-34-32-30-28-23-21-19-17-15-13-11-9-7-2/h15,17,21,23,50H,6-14,16,18-20,22,24-49H2,1-5H3/b17-15-,23-21-/t50-/m1/s1. The van der Waals surface area contributed by atoms with Crippen molar-refractivity contribution in [1.82, 2.24) is 0 Å². The summed E-state index contributed by atoms with van der Waals surface area (Å²) in [6.45, 7) is 4.24. The Bertz CT molecular complexity index is 1110. The summed E-state index contributed by atoms with van der Waals surface area (Å²) in [5, 5.41) is 0. The number of esters is 2. The Morgan fingerprint density at radius 3 is 1.31 bits per heavy atom. The molecule has 9 nitrogen and oxygen atoms in total. The summed E-state index contributed by atoms with van der Waals surface area (Å²) < 4.78 is 34.1. The lowest BCUT2D eigenvalue weighted by molar-refractivity contribution is -0.870. The van der Waals surface area contributed by atoms with Gasteiger partial charge in [0, 0.05) is 12.8 Å². The number of carbonyl (C=O) groups is 2. The molecule has 0 aliphatic carbocycles. The van der Waals surface area contributed by atoms with Crippen molar-refractivity contribution in [3.8, 4) is 0 Å². The van der Waals surface area contributed by atoms with Crippen LogP contribution in [0.3, 0.4) is 0 Å². The first-order chi connectivity index (χ1) is 30.0. The van der Waals surface area contributed by atoms with Gasteiger partial charge in [-0.1, -0.05) is 212 Å². The van der Waals surface area contributed by atoms with Gasteiger partial charge in [0.25, 0.3) is 7.82 Å². The molecule has 0 amide bonds. The molecule has 0 rings (SSSR count). The summed E-state index contributed by atoms with van der Waals surface area (Å²) in [5.41, 5.74) is 0. The number of allylic oxidation sites excluding steroid dienone is 4. The molecule has 2 atom stereocenters. The van der Waals surface area contributed by atoms with Crippen molar-refractivity contribution >= 4 is 19.8 Å². The lowest BCUT2D eigenvalue weighted by Crippen LogP contribution is -2.37. The quantitative estimate of drug-likeness (QED) is 0.0195. The van der Waals surface area contributed by atoms with Crippen molar-refractivity contribution in [2.75, 3.05) is 47.5 Å². The molecule has 0 aliphatic heterocycles. The predicted octanol–water partition coefficient (Wildman–Crippen LogP) is 14.8. The van der Waals surface area contributed by atoms with Gasteiger partial charge in [-0.2, -0.15) is 0 Å². The van der Waals surface area contributed by atoms with Gasteiger partial charge >= 0.3 is 11.9 Å². The normalized spacial score (nSPS) is 13.6. The highest BCUT2D eigenvalue weighted by Crippen LogP contribution is 2.38. The fourth-order valence-electron chi connectivity index (χ4n) is 7.39. The van der Waals surface area contributed by atoms with Crippen LogP contribution < -0.4 is 4.89 Å². The van der Waals surface area contributed by atoms with E-state index in [0.29, 0.717) is 17.4 Å². The van der Waals surface area contributed by atoms with Gasteiger partial charge in [0.15, 0.2) is 6.10 Å². The van der Waals surface area contributed by atoms with Crippen LogP contribution in [0.5, 0.6) is 0 Å². The van der Waals surface area contributed by atoms with Gasteiger partial charge in [-0.3, -0.25) is 14.2 Å². The van der Waals surface area contributed by atoms with Crippen LogP contribution in [-0.4, -0.2) is 70.0 Å². The molecule has 62 heavy (non-hydrogen) atoms. The van der Waals surface area contributed by atoms with E-state index in [2.05, 4.69) is 38.2 Å². The average Bonchev–Trinajstić information content (AvgIpc) is 3.23. The summed E-state index contributed by atoms with van der Waals surface area (Å²) in [5.74, 6) is -0.831. The number of carbonyl (C=O) groups excluding carboxylic acids is 2. The molecule has 0 aromatic rings. The van der Waals surface area contributed by atoms with Crippen molar-refractivity contribution < 1.29 is 42.1 Å². The fraction of sp³-hybridized carbons (Fsp3) is 0.885. The Balaban J connectivity index is 4.22. The first-order valence-electron chi connectivity index (χ1n) is 26.0. The van der Waals surface area contributed by atoms with Gasteiger partial charge in [-0.05, 0) is 44.9 Å². The number of phosphoric ester groups is 1. The molecule has 0 aromatic heterocycles. The molecule has 0 saturated carbocycles. The molecule has 0 saturated heterocycles. The maximum atomic E-state index is 12.7. The third-order valence-corrected chi connectivity index (χ3v) is 12.4. The van der Waals surface area contributed by atoms with E-state index in [-0.39, 0.29) is 32.0 Å². The zero-order valence-electron chi connectivity index (χ0n) is 41.3. The first kappa shape index (κ1) is 60.5. The van der Waals surface area contributed by atoms with Crippen LogP contribution in [0.2, 0.25) is 0 Å². The van der Waals surface area contributed by atoms with E-state index < -0.39 is 26.5 Å². The number of quaternary nitrogens is 1. The highest BCUT2D eigenvalue weighted by Gasteiger charge is 2.21.